The molecule has 0 bridgehead atoms. The highest BCUT2D eigenvalue weighted by Gasteiger charge is 2.24. The van der Waals surface area contributed by atoms with Crippen molar-refractivity contribution in [3.05, 3.63) is 27.7 Å². The van der Waals surface area contributed by atoms with Crippen LogP contribution in [-0.4, -0.2) is 7.11 Å². The lowest BCUT2D eigenvalue weighted by Crippen LogP contribution is -2.15. The highest BCUT2D eigenvalue weighted by molar-refractivity contribution is 9.10. The van der Waals surface area contributed by atoms with E-state index in [0.29, 0.717) is 0 Å². The van der Waals surface area contributed by atoms with Gasteiger partial charge < -0.3 is 4.74 Å². The van der Waals surface area contributed by atoms with Crippen molar-refractivity contribution >= 4 is 15.9 Å². The first-order chi connectivity index (χ1) is 6.92. The molecule has 0 aliphatic carbocycles. The van der Waals surface area contributed by atoms with E-state index < -0.39 is 5.41 Å². The molecule has 0 radical (unpaired) electrons. The summed E-state index contributed by atoms with van der Waals surface area (Å²) in [4.78, 5) is 0. The third-order valence-corrected chi connectivity index (χ3v) is 3.47. The Morgan fingerprint density at radius 3 is 2.47 bits per heavy atom. The Morgan fingerprint density at radius 2 is 2.00 bits per heavy atom. The molecule has 0 aromatic heterocycles. The van der Waals surface area contributed by atoms with Crippen LogP contribution < -0.4 is 4.74 Å². The van der Waals surface area contributed by atoms with Gasteiger partial charge in [0, 0.05) is 4.47 Å². The van der Waals surface area contributed by atoms with E-state index in [9.17, 15) is 0 Å². The lowest BCUT2D eigenvalue weighted by Gasteiger charge is -2.20. The van der Waals surface area contributed by atoms with Crippen molar-refractivity contribution in [1.82, 2.24) is 0 Å². The summed E-state index contributed by atoms with van der Waals surface area (Å²) in [6.07, 6.45) is 0. The molecule has 0 saturated heterocycles. The summed E-state index contributed by atoms with van der Waals surface area (Å²) in [6, 6.07) is 6.14. The summed E-state index contributed by atoms with van der Waals surface area (Å²) < 4.78 is 6.18. The number of aryl methyl sites for hydroxylation is 1. The maximum atomic E-state index is 9.11. The van der Waals surface area contributed by atoms with Gasteiger partial charge in [0.2, 0.25) is 0 Å². The molecule has 0 saturated carbocycles. The van der Waals surface area contributed by atoms with E-state index in [1.54, 1.807) is 7.11 Å². The van der Waals surface area contributed by atoms with Gasteiger partial charge in [-0.15, -0.1) is 0 Å². The Labute approximate surface area is 99.0 Å². The average Bonchev–Trinajstić information content (AvgIpc) is 2.21. The molecule has 0 amide bonds. The lowest BCUT2D eigenvalue weighted by molar-refractivity contribution is 0.413. The topological polar surface area (TPSA) is 33.0 Å². The van der Waals surface area contributed by atoms with E-state index in [0.717, 1.165) is 21.3 Å². The molecular weight excluding hydrogens is 254 g/mol. The molecule has 0 heterocycles. The summed E-state index contributed by atoms with van der Waals surface area (Å²) >= 11 is 3.51. The molecule has 1 aromatic rings. The number of methoxy groups -OCH3 is 1. The number of hydrogen-bond acceptors (Lipinski definition) is 2. The monoisotopic (exact) mass is 267 g/mol. The molecule has 0 fully saturated rings. The van der Waals surface area contributed by atoms with Gasteiger partial charge in [0.25, 0.3) is 0 Å². The maximum Gasteiger partial charge on any atom is 0.119 e. The van der Waals surface area contributed by atoms with Crippen molar-refractivity contribution in [2.45, 2.75) is 26.2 Å². The van der Waals surface area contributed by atoms with E-state index in [2.05, 4.69) is 22.0 Å². The van der Waals surface area contributed by atoms with Crippen LogP contribution in [0.4, 0.5) is 0 Å². The predicted octanol–water partition coefficient (Wildman–Crippen LogP) is 3.57. The fourth-order valence-electron chi connectivity index (χ4n) is 1.37. The summed E-state index contributed by atoms with van der Waals surface area (Å²) in [7, 11) is 1.63. The number of hydrogen-bond donors (Lipinski definition) is 0. The van der Waals surface area contributed by atoms with Gasteiger partial charge in [-0.25, -0.2) is 0 Å². The second-order valence-corrected chi connectivity index (χ2v) is 4.84. The molecule has 0 aliphatic heterocycles. The minimum absolute atomic E-state index is 0.516. The summed E-state index contributed by atoms with van der Waals surface area (Å²) in [5.41, 5.74) is 1.52. The SMILES string of the molecule is COc1cc(C)c(Br)c(C(C)(C)C#N)c1. The van der Waals surface area contributed by atoms with Crippen molar-refractivity contribution in [3.63, 3.8) is 0 Å². The Morgan fingerprint density at radius 1 is 1.40 bits per heavy atom. The molecule has 1 rings (SSSR count). The van der Waals surface area contributed by atoms with Gasteiger partial charge >= 0.3 is 0 Å². The van der Waals surface area contributed by atoms with Gasteiger partial charge in [0.15, 0.2) is 0 Å². The van der Waals surface area contributed by atoms with E-state index >= 15 is 0 Å². The number of rotatable bonds is 2. The van der Waals surface area contributed by atoms with Crippen LogP contribution in [0.15, 0.2) is 16.6 Å². The standard InChI is InChI=1S/C12H14BrNO/c1-8-5-9(15-4)6-10(11(8)13)12(2,3)7-14/h5-6H,1-4H3. The maximum absolute atomic E-state index is 9.11. The molecule has 0 spiro atoms. The van der Waals surface area contributed by atoms with Gasteiger partial charge in [-0.2, -0.15) is 5.26 Å². The second kappa shape index (κ2) is 4.24. The Hall–Kier alpha value is -1.01. The van der Waals surface area contributed by atoms with Crippen molar-refractivity contribution in [1.29, 1.82) is 5.26 Å². The minimum Gasteiger partial charge on any atom is -0.497 e. The van der Waals surface area contributed by atoms with Gasteiger partial charge in [-0.05, 0) is 44.0 Å². The second-order valence-electron chi connectivity index (χ2n) is 4.04. The largest absolute Gasteiger partial charge is 0.497 e. The fourth-order valence-corrected chi connectivity index (χ4v) is 2.09. The Bertz CT molecular complexity index is 418. The smallest absolute Gasteiger partial charge is 0.119 e. The van der Waals surface area contributed by atoms with Gasteiger partial charge in [-0.3, -0.25) is 0 Å². The number of nitriles is 1. The van der Waals surface area contributed by atoms with Crippen LogP contribution in [0.1, 0.15) is 25.0 Å². The third kappa shape index (κ3) is 2.32. The minimum atomic E-state index is -0.516. The lowest BCUT2D eigenvalue weighted by atomic mass is 9.85. The van der Waals surface area contributed by atoms with Crippen LogP contribution in [0.2, 0.25) is 0 Å². The van der Waals surface area contributed by atoms with Crippen LogP contribution in [0.25, 0.3) is 0 Å². The molecule has 15 heavy (non-hydrogen) atoms. The average molecular weight is 268 g/mol. The zero-order valence-corrected chi connectivity index (χ0v) is 11.0. The fraction of sp³-hybridized carbons (Fsp3) is 0.417. The van der Waals surface area contributed by atoms with E-state index in [4.69, 9.17) is 10.00 Å². The normalized spacial score (nSPS) is 10.9. The number of ether oxygens (including phenoxy) is 1. The summed E-state index contributed by atoms with van der Waals surface area (Å²) in [6.45, 7) is 5.78. The third-order valence-electron chi connectivity index (χ3n) is 2.42. The summed E-state index contributed by atoms with van der Waals surface area (Å²) in [5, 5.41) is 9.11. The predicted molar refractivity (Wildman–Crippen MR) is 64.1 cm³/mol. The Kier molecular flexibility index (Phi) is 3.41. The quantitative estimate of drug-likeness (QED) is 0.821. The zero-order valence-electron chi connectivity index (χ0n) is 9.39. The molecule has 2 nitrogen and oxygen atoms in total. The summed E-state index contributed by atoms with van der Waals surface area (Å²) in [5.74, 6) is 0.786. The molecule has 0 aliphatic rings. The zero-order chi connectivity index (χ0) is 11.6. The van der Waals surface area contributed by atoms with Gasteiger partial charge in [0.05, 0.1) is 18.6 Å². The molecule has 0 unspecified atom stereocenters. The van der Waals surface area contributed by atoms with E-state index in [-0.39, 0.29) is 0 Å². The van der Waals surface area contributed by atoms with Crippen LogP contribution in [0.5, 0.6) is 5.75 Å². The highest BCUT2D eigenvalue weighted by Crippen LogP contribution is 2.35. The van der Waals surface area contributed by atoms with Gasteiger partial charge in [-0.1, -0.05) is 15.9 Å². The molecular formula is C12H14BrNO. The number of halogens is 1. The molecule has 80 valence electrons. The van der Waals surface area contributed by atoms with E-state index in [1.807, 2.05) is 32.9 Å². The number of nitrogens with zero attached hydrogens (tertiary/aromatic N) is 1. The molecule has 1 aromatic carbocycles. The van der Waals surface area contributed by atoms with Crippen molar-refractivity contribution in [3.8, 4) is 11.8 Å². The number of benzene rings is 1. The van der Waals surface area contributed by atoms with Crippen molar-refractivity contribution < 1.29 is 4.74 Å². The van der Waals surface area contributed by atoms with Crippen LogP contribution >= 0.6 is 15.9 Å². The van der Waals surface area contributed by atoms with Crippen molar-refractivity contribution in [2.75, 3.05) is 7.11 Å². The molecule has 0 atom stereocenters. The first-order valence-electron chi connectivity index (χ1n) is 4.68. The van der Waals surface area contributed by atoms with Gasteiger partial charge in [0.1, 0.15) is 5.75 Å². The van der Waals surface area contributed by atoms with Crippen LogP contribution in [-0.2, 0) is 5.41 Å². The first-order valence-corrected chi connectivity index (χ1v) is 5.47. The molecule has 3 heteroatoms. The highest BCUT2D eigenvalue weighted by atomic mass is 79.9. The van der Waals surface area contributed by atoms with Crippen LogP contribution in [0.3, 0.4) is 0 Å². The van der Waals surface area contributed by atoms with Crippen LogP contribution in [0, 0.1) is 18.3 Å². The van der Waals surface area contributed by atoms with E-state index in [1.165, 1.54) is 0 Å². The first kappa shape index (κ1) is 12.1. The Balaban J connectivity index is 3.42. The van der Waals surface area contributed by atoms with Crippen molar-refractivity contribution in [2.24, 2.45) is 0 Å². The molecule has 0 N–H and O–H groups in total.